The third kappa shape index (κ3) is 5.62. The Hall–Kier alpha value is -1.40. The molecular weight excluding hydrogens is 312 g/mol. The van der Waals surface area contributed by atoms with E-state index in [9.17, 15) is 13.2 Å². The molecule has 0 spiro atoms. The SMILES string of the molecule is Cc1ccccc1CN(CC(=O)NC1CCCCC1)S(C)(=O)=O. The van der Waals surface area contributed by atoms with Gasteiger partial charge in [0.15, 0.2) is 0 Å². The van der Waals surface area contributed by atoms with Gasteiger partial charge in [-0.25, -0.2) is 8.42 Å². The van der Waals surface area contributed by atoms with E-state index in [1.54, 1.807) is 0 Å². The standard InChI is InChI=1S/C17H26N2O3S/c1-14-8-6-7-9-15(14)12-19(23(2,21)22)13-17(20)18-16-10-4-3-5-11-16/h6-9,16H,3-5,10-13H2,1-2H3,(H,18,20). The average Bonchev–Trinajstić information content (AvgIpc) is 2.48. The summed E-state index contributed by atoms with van der Waals surface area (Å²) in [5.74, 6) is -0.212. The number of hydrogen-bond donors (Lipinski definition) is 1. The van der Waals surface area contributed by atoms with Gasteiger partial charge in [0.05, 0.1) is 12.8 Å². The number of carbonyl (C=O) groups excluding carboxylic acids is 1. The van der Waals surface area contributed by atoms with E-state index < -0.39 is 10.0 Å². The number of nitrogens with one attached hydrogen (secondary N) is 1. The normalized spacial score (nSPS) is 16.5. The second-order valence-corrected chi connectivity index (χ2v) is 8.34. The Morgan fingerprint density at radius 2 is 1.87 bits per heavy atom. The number of amides is 1. The molecular formula is C17H26N2O3S. The number of carbonyl (C=O) groups is 1. The fourth-order valence-corrected chi connectivity index (χ4v) is 3.67. The molecule has 1 aliphatic rings. The minimum absolute atomic E-state index is 0.121. The maximum absolute atomic E-state index is 12.2. The Morgan fingerprint density at radius 1 is 1.22 bits per heavy atom. The summed E-state index contributed by atoms with van der Waals surface area (Å²) in [4.78, 5) is 12.2. The first-order valence-electron chi connectivity index (χ1n) is 8.15. The lowest BCUT2D eigenvalue weighted by Crippen LogP contribution is -2.44. The summed E-state index contributed by atoms with van der Waals surface area (Å²) < 4.78 is 25.3. The van der Waals surface area contributed by atoms with E-state index in [0.29, 0.717) is 0 Å². The highest BCUT2D eigenvalue weighted by Gasteiger charge is 2.23. The molecule has 1 aromatic carbocycles. The van der Waals surface area contributed by atoms with Crippen molar-refractivity contribution in [3.05, 3.63) is 35.4 Å². The molecule has 0 radical (unpaired) electrons. The van der Waals surface area contributed by atoms with Crippen LogP contribution in [0.25, 0.3) is 0 Å². The van der Waals surface area contributed by atoms with Crippen molar-refractivity contribution in [1.29, 1.82) is 0 Å². The van der Waals surface area contributed by atoms with E-state index in [1.807, 2.05) is 31.2 Å². The fraction of sp³-hybridized carbons (Fsp3) is 0.588. The summed E-state index contributed by atoms with van der Waals surface area (Å²) >= 11 is 0. The van der Waals surface area contributed by atoms with E-state index in [4.69, 9.17) is 0 Å². The average molecular weight is 338 g/mol. The van der Waals surface area contributed by atoms with Gasteiger partial charge >= 0.3 is 0 Å². The van der Waals surface area contributed by atoms with Crippen molar-refractivity contribution in [3.63, 3.8) is 0 Å². The van der Waals surface area contributed by atoms with Crippen molar-refractivity contribution < 1.29 is 13.2 Å². The fourth-order valence-electron chi connectivity index (χ4n) is 2.95. The van der Waals surface area contributed by atoms with Crippen LogP contribution in [0.15, 0.2) is 24.3 Å². The summed E-state index contributed by atoms with van der Waals surface area (Å²) in [6.45, 7) is 2.05. The maximum Gasteiger partial charge on any atom is 0.235 e. The molecule has 1 N–H and O–H groups in total. The van der Waals surface area contributed by atoms with Crippen LogP contribution < -0.4 is 5.32 Å². The number of nitrogens with zero attached hydrogens (tertiary/aromatic N) is 1. The molecule has 1 amide bonds. The Balaban J connectivity index is 2.01. The first-order chi connectivity index (χ1) is 10.9. The topological polar surface area (TPSA) is 66.5 Å². The molecule has 2 rings (SSSR count). The van der Waals surface area contributed by atoms with Gasteiger partial charge in [0, 0.05) is 12.6 Å². The van der Waals surface area contributed by atoms with E-state index in [2.05, 4.69) is 5.32 Å². The van der Waals surface area contributed by atoms with Gasteiger partial charge in [-0.2, -0.15) is 4.31 Å². The van der Waals surface area contributed by atoms with E-state index in [1.165, 1.54) is 10.7 Å². The smallest absolute Gasteiger partial charge is 0.235 e. The number of benzene rings is 1. The molecule has 0 unspecified atom stereocenters. The van der Waals surface area contributed by atoms with Crippen molar-refractivity contribution in [1.82, 2.24) is 9.62 Å². The molecule has 1 saturated carbocycles. The van der Waals surface area contributed by atoms with Gasteiger partial charge in [0.2, 0.25) is 15.9 Å². The molecule has 23 heavy (non-hydrogen) atoms. The molecule has 0 aromatic heterocycles. The second-order valence-electron chi connectivity index (χ2n) is 6.36. The zero-order valence-corrected chi connectivity index (χ0v) is 14.7. The number of rotatable bonds is 6. The van der Waals surface area contributed by atoms with Gasteiger partial charge in [-0.15, -0.1) is 0 Å². The van der Waals surface area contributed by atoms with Crippen molar-refractivity contribution in [2.24, 2.45) is 0 Å². The van der Waals surface area contributed by atoms with Crippen LogP contribution in [0.3, 0.4) is 0 Å². The zero-order chi connectivity index (χ0) is 16.9. The molecule has 6 heteroatoms. The van der Waals surface area contributed by atoms with Gasteiger partial charge in [0.25, 0.3) is 0 Å². The van der Waals surface area contributed by atoms with E-state index >= 15 is 0 Å². The molecule has 0 aliphatic heterocycles. The molecule has 0 saturated heterocycles. The first kappa shape index (κ1) is 17.9. The quantitative estimate of drug-likeness (QED) is 0.865. The lowest BCUT2D eigenvalue weighted by molar-refractivity contribution is -0.122. The highest BCUT2D eigenvalue weighted by Crippen LogP contribution is 2.17. The largest absolute Gasteiger partial charge is 0.352 e. The van der Waals surface area contributed by atoms with Crippen molar-refractivity contribution in [2.45, 2.75) is 51.6 Å². The van der Waals surface area contributed by atoms with Crippen LogP contribution in [-0.4, -0.2) is 37.5 Å². The third-order valence-electron chi connectivity index (χ3n) is 4.37. The van der Waals surface area contributed by atoms with Crippen LogP contribution in [0.2, 0.25) is 0 Å². The van der Waals surface area contributed by atoms with Crippen LogP contribution in [0.1, 0.15) is 43.2 Å². The molecule has 0 bridgehead atoms. The predicted molar refractivity (Wildman–Crippen MR) is 91.4 cm³/mol. The van der Waals surface area contributed by atoms with Crippen molar-refractivity contribution in [3.8, 4) is 0 Å². The molecule has 128 valence electrons. The number of hydrogen-bond acceptors (Lipinski definition) is 3. The molecule has 1 aliphatic carbocycles. The molecule has 0 heterocycles. The third-order valence-corrected chi connectivity index (χ3v) is 5.56. The lowest BCUT2D eigenvalue weighted by atomic mass is 9.95. The highest BCUT2D eigenvalue weighted by atomic mass is 32.2. The zero-order valence-electron chi connectivity index (χ0n) is 13.9. The Labute approximate surface area is 139 Å². The van der Waals surface area contributed by atoms with E-state index in [-0.39, 0.29) is 25.0 Å². The molecule has 0 atom stereocenters. The van der Waals surface area contributed by atoms with Crippen LogP contribution >= 0.6 is 0 Å². The Bertz CT molecular complexity index is 637. The Morgan fingerprint density at radius 3 is 2.48 bits per heavy atom. The van der Waals surface area contributed by atoms with Crippen molar-refractivity contribution in [2.75, 3.05) is 12.8 Å². The summed E-state index contributed by atoms with van der Waals surface area (Å²) in [5, 5.41) is 2.98. The van der Waals surface area contributed by atoms with Crippen LogP contribution in [0, 0.1) is 6.92 Å². The summed E-state index contributed by atoms with van der Waals surface area (Å²) in [7, 11) is -3.44. The minimum Gasteiger partial charge on any atom is -0.352 e. The van der Waals surface area contributed by atoms with Gasteiger partial charge in [-0.05, 0) is 30.9 Å². The van der Waals surface area contributed by atoms with Gasteiger partial charge in [-0.3, -0.25) is 4.79 Å². The van der Waals surface area contributed by atoms with Crippen LogP contribution in [0.5, 0.6) is 0 Å². The summed E-state index contributed by atoms with van der Waals surface area (Å²) in [6.07, 6.45) is 6.60. The van der Waals surface area contributed by atoms with Gasteiger partial charge < -0.3 is 5.32 Å². The molecule has 1 fully saturated rings. The highest BCUT2D eigenvalue weighted by molar-refractivity contribution is 7.88. The van der Waals surface area contributed by atoms with Crippen LogP contribution in [-0.2, 0) is 21.4 Å². The van der Waals surface area contributed by atoms with Gasteiger partial charge in [0.1, 0.15) is 0 Å². The monoisotopic (exact) mass is 338 g/mol. The number of aryl methyl sites for hydroxylation is 1. The van der Waals surface area contributed by atoms with E-state index in [0.717, 1.165) is 43.1 Å². The van der Waals surface area contributed by atoms with Gasteiger partial charge in [-0.1, -0.05) is 43.5 Å². The summed E-state index contributed by atoms with van der Waals surface area (Å²) in [6, 6.07) is 7.82. The number of sulfonamides is 1. The summed E-state index contributed by atoms with van der Waals surface area (Å²) in [5.41, 5.74) is 1.94. The predicted octanol–water partition coefficient (Wildman–Crippen LogP) is 2.21. The molecule has 1 aromatic rings. The minimum atomic E-state index is -3.44. The molecule has 5 nitrogen and oxygen atoms in total. The van der Waals surface area contributed by atoms with Crippen molar-refractivity contribution >= 4 is 15.9 Å². The first-order valence-corrected chi connectivity index (χ1v) is 10.00. The van der Waals surface area contributed by atoms with Crippen LogP contribution in [0.4, 0.5) is 0 Å². The Kier molecular flexibility index (Phi) is 6.18. The lowest BCUT2D eigenvalue weighted by Gasteiger charge is -2.25. The second kappa shape index (κ2) is 7.93. The maximum atomic E-state index is 12.2.